The zero-order chi connectivity index (χ0) is 18.8. The molecule has 0 aliphatic carbocycles. The lowest BCUT2D eigenvalue weighted by atomic mass is 10.0. The largest absolute Gasteiger partial charge is 0.478 e. The van der Waals surface area contributed by atoms with Crippen LogP contribution in [0.15, 0.2) is 52.4 Å². The number of aryl methyl sites for hydroxylation is 1. The SMILES string of the molecule is C=CCN1C(=O)N=C(Cc2ccc(-c3ccc(C(=O)O)cc3C)o2)C1=O. The van der Waals surface area contributed by atoms with Crippen LogP contribution < -0.4 is 0 Å². The van der Waals surface area contributed by atoms with Crippen LogP contribution >= 0.6 is 0 Å². The van der Waals surface area contributed by atoms with Gasteiger partial charge in [-0.2, -0.15) is 4.99 Å². The predicted octanol–water partition coefficient (Wildman–Crippen LogP) is 3.08. The van der Waals surface area contributed by atoms with Gasteiger partial charge in [-0.25, -0.2) is 9.59 Å². The Labute approximate surface area is 149 Å². The van der Waals surface area contributed by atoms with E-state index in [0.29, 0.717) is 11.5 Å². The van der Waals surface area contributed by atoms with Crippen molar-refractivity contribution in [2.45, 2.75) is 13.3 Å². The molecule has 3 rings (SSSR count). The summed E-state index contributed by atoms with van der Waals surface area (Å²) in [5, 5.41) is 9.03. The van der Waals surface area contributed by atoms with E-state index in [9.17, 15) is 14.4 Å². The minimum absolute atomic E-state index is 0.102. The number of imide groups is 1. The summed E-state index contributed by atoms with van der Waals surface area (Å²) in [6.45, 7) is 5.42. The summed E-state index contributed by atoms with van der Waals surface area (Å²) in [6.07, 6.45) is 1.56. The molecule has 7 heteroatoms. The number of hydrogen-bond acceptors (Lipinski definition) is 4. The molecule has 0 saturated carbocycles. The van der Waals surface area contributed by atoms with Crippen LogP contribution in [-0.4, -0.2) is 40.2 Å². The zero-order valence-electron chi connectivity index (χ0n) is 14.1. The lowest BCUT2D eigenvalue weighted by Crippen LogP contribution is -2.33. The topological polar surface area (TPSA) is 100 Å². The highest BCUT2D eigenvalue weighted by atomic mass is 16.4. The number of rotatable bonds is 6. The number of carboxylic acid groups (broad SMARTS) is 1. The number of carbonyl (C=O) groups is 3. The first-order valence-electron chi connectivity index (χ1n) is 7.88. The first-order chi connectivity index (χ1) is 12.4. The third kappa shape index (κ3) is 3.19. The number of urea groups is 1. The normalized spacial score (nSPS) is 13.9. The lowest BCUT2D eigenvalue weighted by molar-refractivity contribution is -0.120. The summed E-state index contributed by atoms with van der Waals surface area (Å²) in [4.78, 5) is 39.7. The quantitative estimate of drug-likeness (QED) is 0.805. The maximum absolute atomic E-state index is 12.2. The Hall–Kier alpha value is -3.48. The second-order valence-electron chi connectivity index (χ2n) is 5.82. The van der Waals surface area contributed by atoms with Crippen molar-refractivity contribution in [3.63, 3.8) is 0 Å². The molecule has 2 aromatic rings. The van der Waals surface area contributed by atoms with Gasteiger partial charge in [0.1, 0.15) is 17.2 Å². The molecule has 0 unspecified atom stereocenters. The first-order valence-corrected chi connectivity index (χ1v) is 7.88. The van der Waals surface area contributed by atoms with Gasteiger partial charge in [0.05, 0.1) is 12.0 Å². The van der Waals surface area contributed by atoms with Crippen LogP contribution in [0.3, 0.4) is 0 Å². The molecular formula is C19H16N2O5. The maximum Gasteiger partial charge on any atom is 0.351 e. The van der Waals surface area contributed by atoms with E-state index in [1.54, 1.807) is 31.2 Å². The fourth-order valence-electron chi connectivity index (χ4n) is 2.73. The van der Waals surface area contributed by atoms with E-state index in [1.165, 1.54) is 12.1 Å². The Bertz CT molecular complexity index is 955. The van der Waals surface area contributed by atoms with Gasteiger partial charge in [0.25, 0.3) is 5.91 Å². The van der Waals surface area contributed by atoms with Gasteiger partial charge in [-0.05, 0) is 36.8 Å². The van der Waals surface area contributed by atoms with Gasteiger partial charge in [-0.15, -0.1) is 6.58 Å². The van der Waals surface area contributed by atoms with Crippen LogP contribution in [-0.2, 0) is 11.2 Å². The van der Waals surface area contributed by atoms with Gasteiger partial charge < -0.3 is 9.52 Å². The predicted molar refractivity (Wildman–Crippen MR) is 94.3 cm³/mol. The van der Waals surface area contributed by atoms with Crippen molar-refractivity contribution >= 4 is 23.6 Å². The van der Waals surface area contributed by atoms with Gasteiger partial charge in [0.2, 0.25) is 0 Å². The minimum atomic E-state index is -0.994. The lowest BCUT2D eigenvalue weighted by Gasteiger charge is -2.08. The molecule has 1 aromatic carbocycles. The summed E-state index contributed by atoms with van der Waals surface area (Å²) < 4.78 is 5.76. The number of aliphatic imine (C=N–C) groups is 1. The Kier molecular flexibility index (Phi) is 4.53. The smallest absolute Gasteiger partial charge is 0.351 e. The third-order valence-corrected chi connectivity index (χ3v) is 4.01. The summed E-state index contributed by atoms with van der Waals surface area (Å²) in [7, 11) is 0. The highest BCUT2D eigenvalue weighted by molar-refractivity contribution is 6.46. The van der Waals surface area contributed by atoms with E-state index in [1.807, 2.05) is 0 Å². The van der Waals surface area contributed by atoms with Crippen molar-refractivity contribution in [1.29, 1.82) is 0 Å². The van der Waals surface area contributed by atoms with Crippen LogP contribution in [0.4, 0.5) is 4.79 Å². The highest BCUT2D eigenvalue weighted by Gasteiger charge is 2.32. The number of hydrogen-bond donors (Lipinski definition) is 1. The number of benzene rings is 1. The molecule has 0 saturated heterocycles. The summed E-state index contributed by atoms with van der Waals surface area (Å²) in [6, 6.07) is 7.59. The van der Waals surface area contributed by atoms with Crippen LogP contribution in [0, 0.1) is 6.92 Å². The Morgan fingerprint density at radius 1 is 1.31 bits per heavy atom. The monoisotopic (exact) mass is 352 g/mol. The van der Waals surface area contributed by atoms with Gasteiger partial charge in [0, 0.05) is 12.1 Å². The van der Waals surface area contributed by atoms with Gasteiger partial charge >= 0.3 is 12.0 Å². The highest BCUT2D eigenvalue weighted by Crippen LogP contribution is 2.27. The van der Waals surface area contributed by atoms with E-state index in [4.69, 9.17) is 9.52 Å². The second-order valence-corrected chi connectivity index (χ2v) is 5.82. The molecule has 1 aromatic heterocycles. The van der Waals surface area contributed by atoms with Crippen LogP contribution in [0.2, 0.25) is 0 Å². The number of carbonyl (C=O) groups excluding carboxylic acids is 2. The summed E-state index contributed by atoms with van der Waals surface area (Å²) in [5.74, 6) is -0.405. The molecule has 1 aliphatic heterocycles. The summed E-state index contributed by atoms with van der Waals surface area (Å²) in [5.41, 5.74) is 1.83. The van der Waals surface area contributed by atoms with E-state index < -0.39 is 17.9 Å². The molecule has 0 fully saturated rings. The molecule has 2 heterocycles. The van der Waals surface area contributed by atoms with Crippen molar-refractivity contribution in [3.05, 3.63) is 59.9 Å². The fraction of sp³-hybridized carbons (Fsp3) is 0.158. The first kappa shape index (κ1) is 17.3. The van der Waals surface area contributed by atoms with E-state index >= 15 is 0 Å². The third-order valence-electron chi connectivity index (χ3n) is 4.01. The number of carboxylic acids is 1. The number of amides is 3. The van der Waals surface area contributed by atoms with Gasteiger partial charge in [-0.1, -0.05) is 12.1 Å². The molecule has 0 bridgehead atoms. The maximum atomic E-state index is 12.2. The van der Waals surface area contributed by atoms with Crippen LogP contribution in [0.5, 0.6) is 0 Å². The van der Waals surface area contributed by atoms with E-state index in [2.05, 4.69) is 11.6 Å². The molecule has 1 N–H and O–H groups in total. The standard InChI is InChI=1S/C19H16N2O5/c1-3-8-21-17(22)15(20-19(21)25)10-13-5-7-16(26-13)14-6-4-12(18(23)24)9-11(14)2/h3-7,9H,1,8,10H2,2H3,(H,23,24). The molecule has 132 valence electrons. The minimum Gasteiger partial charge on any atom is -0.478 e. The number of furan rings is 1. The van der Waals surface area contributed by atoms with Crippen molar-refractivity contribution < 1.29 is 23.9 Å². The summed E-state index contributed by atoms with van der Waals surface area (Å²) >= 11 is 0. The van der Waals surface area contributed by atoms with Crippen LogP contribution in [0.25, 0.3) is 11.3 Å². The Balaban J connectivity index is 1.80. The van der Waals surface area contributed by atoms with Crippen LogP contribution in [0.1, 0.15) is 21.7 Å². The molecule has 0 spiro atoms. The number of nitrogens with zero attached hydrogens (tertiary/aromatic N) is 2. The zero-order valence-corrected chi connectivity index (χ0v) is 14.1. The number of aromatic carboxylic acids is 1. The molecule has 26 heavy (non-hydrogen) atoms. The molecular weight excluding hydrogens is 336 g/mol. The molecule has 0 atom stereocenters. The molecule has 0 radical (unpaired) electrons. The van der Waals surface area contributed by atoms with Gasteiger partial charge in [-0.3, -0.25) is 9.69 Å². The Morgan fingerprint density at radius 2 is 2.08 bits per heavy atom. The van der Waals surface area contributed by atoms with E-state index in [0.717, 1.165) is 16.0 Å². The molecule has 7 nitrogen and oxygen atoms in total. The van der Waals surface area contributed by atoms with Gasteiger partial charge in [0.15, 0.2) is 0 Å². The Morgan fingerprint density at radius 3 is 2.73 bits per heavy atom. The van der Waals surface area contributed by atoms with Crippen molar-refractivity contribution in [2.24, 2.45) is 4.99 Å². The van der Waals surface area contributed by atoms with Crippen molar-refractivity contribution in [3.8, 4) is 11.3 Å². The van der Waals surface area contributed by atoms with E-state index in [-0.39, 0.29) is 24.2 Å². The van der Waals surface area contributed by atoms with Crippen molar-refractivity contribution in [2.75, 3.05) is 6.54 Å². The average molecular weight is 352 g/mol. The fourth-order valence-corrected chi connectivity index (χ4v) is 2.73. The molecule has 3 amide bonds. The second kappa shape index (κ2) is 6.79. The average Bonchev–Trinajstić information content (AvgIpc) is 3.15. The van der Waals surface area contributed by atoms with Crippen molar-refractivity contribution in [1.82, 2.24) is 4.90 Å². The molecule has 1 aliphatic rings.